The molecule has 0 bridgehead atoms. The number of rotatable bonds is 3. The van der Waals surface area contributed by atoms with E-state index in [0.29, 0.717) is 0 Å². The van der Waals surface area contributed by atoms with Gasteiger partial charge in [0.1, 0.15) is 5.82 Å². The Morgan fingerprint density at radius 1 is 1.56 bits per heavy atom. The second-order valence-corrected chi connectivity index (χ2v) is 5.59. The van der Waals surface area contributed by atoms with E-state index < -0.39 is 0 Å². The van der Waals surface area contributed by atoms with Crippen LogP contribution in [-0.4, -0.2) is 47.3 Å². The van der Waals surface area contributed by atoms with Gasteiger partial charge in [0.15, 0.2) is 0 Å². The van der Waals surface area contributed by atoms with Crippen molar-refractivity contribution in [2.24, 2.45) is 5.92 Å². The Labute approximate surface area is 112 Å². The zero-order valence-electron chi connectivity index (χ0n) is 11.2. The standard InChI is InChI=1S/C12H20N4OS/c1-4-10-13-12(18-14-10)16-7-5-6-9(8-16)11(17)15(2)3/h9H,4-8H2,1-3H3. The van der Waals surface area contributed by atoms with Crippen LogP contribution in [0.3, 0.4) is 0 Å². The molecule has 0 aliphatic carbocycles. The molecule has 0 N–H and O–H groups in total. The highest BCUT2D eigenvalue weighted by molar-refractivity contribution is 7.09. The zero-order chi connectivity index (χ0) is 13.1. The van der Waals surface area contributed by atoms with Crippen LogP contribution in [-0.2, 0) is 11.2 Å². The Bertz CT molecular complexity index is 418. The molecule has 6 heteroatoms. The summed E-state index contributed by atoms with van der Waals surface area (Å²) in [6.45, 7) is 3.81. The van der Waals surface area contributed by atoms with Crippen molar-refractivity contribution in [1.82, 2.24) is 14.3 Å². The van der Waals surface area contributed by atoms with Crippen molar-refractivity contribution in [1.29, 1.82) is 0 Å². The van der Waals surface area contributed by atoms with Crippen molar-refractivity contribution < 1.29 is 4.79 Å². The van der Waals surface area contributed by atoms with Crippen LogP contribution in [0.4, 0.5) is 5.13 Å². The first kappa shape index (κ1) is 13.3. The molecule has 1 aromatic heterocycles. The molecule has 1 saturated heterocycles. The second kappa shape index (κ2) is 5.65. The Morgan fingerprint density at radius 2 is 2.33 bits per heavy atom. The van der Waals surface area contributed by atoms with Gasteiger partial charge in [-0.1, -0.05) is 6.92 Å². The molecule has 1 fully saturated rings. The summed E-state index contributed by atoms with van der Waals surface area (Å²) in [7, 11) is 3.64. The molecule has 1 atom stereocenters. The molecule has 1 amide bonds. The Morgan fingerprint density at radius 3 is 2.94 bits per heavy atom. The quantitative estimate of drug-likeness (QED) is 0.831. The van der Waals surface area contributed by atoms with E-state index in [2.05, 4.69) is 21.2 Å². The highest BCUT2D eigenvalue weighted by Crippen LogP contribution is 2.25. The van der Waals surface area contributed by atoms with Crippen LogP contribution >= 0.6 is 11.5 Å². The third kappa shape index (κ3) is 2.80. The van der Waals surface area contributed by atoms with Crippen LogP contribution in [0.5, 0.6) is 0 Å². The summed E-state index contributed by atoms with van der Waals surface area (Å²) in [5.74, 6) is 1.22. The van der Waals surface area contributed by atoms with E-state index in [1.165, 1.54) is 11.5 Å². The molecular weight excluding hydrogens is 248 g/mol. The number of aryl methyl sites for hydroxylation is 1. The van der Waals surface area contributed by atoms with E-state index in [0.717, 1.165) is 43.3 Å². The van der Waals surface area contributed by atoms with E-state index in [9.17, 15) is 4.79 Å². The fraction of sp³-hybridized carbons (Fsp3) is 0.750. The fourth-order valence-electron chi connectivity index (χ4n) is 2.23. The molecule has 1 unspecified atom stereocenters. The van der Waals surface area contributed by atoms with Gasteiger partial charge in [-0.05, 0) is 12.8 Å². The lowest BCUT2D eigenvalue weighted by molar-refractivity contribution is -0.133. The maximum atomic E-state index is 12.0. The number of carbonyl (C=O) groups is 1. The van der Waals surface area contributed by atoms with Gasteiger partial charge in [0, 0.05) is 45.1 Å². The minimum Gasteiger partial charge on any atom is -0.349 e. The molecule has 2 heterocycles. The van der Waals surface area contributed by atoms with Crippen LogP contribution in [0.25, 0.3) is 0 Å². The third-order valence-electron chi connectivity index (χ3n) is 3.26. The summed E-state index contributed by atoms with van der Waals surface area (Å²) < 4.78 is 4.31. The fourth-order valence-corrected chi connectivity index (χ4v) is 3.02. The molecule has 0 radical (unpaired) electrons. The third-order valence-corrected chi connectivity index (χ3v) is 4.07. The number of carbonyl (C=O) groups excluding carboxylic acids is 1. The molecular formula is C12H20N4OS. The number of hydrogen-bond donors (Lipinski definition) is 0. The van der Waals surface area contributed by atoms with Gasteiger partial charge >= 0.3 is 0 Å². The van der Waals surface area contributed by atoms with Crippen LogP contribution < -0.4 is 4.90 Å². The van der Waals surface area contributed by atoms with Gasteiger partial charge in [-0.25, -0.2) is 4.98 Å². The van der Waals surface area contributed by atoms with E-state index in [1.807, 2.05) is 14.1 Å². The van der Waals surface area contributed by atoms with Gasteiger partial charge < -0.3 is 9.80 Å². The largest absolute Gasteiger partial charge is 0.349 e. The number of hydrogen-bond acceptors (Lipinski definition) is 5. The van der Waals surface area contributed by atoms with Crippen molar-refractivity contribution in [3.8, 4) is 0 Å². The van der Waals surface area contributed by atoms with Gasteiger partial charge in [0.25, 0.3) is 0 Å². The summed E-state index contributed by atoms with van der Waals surface area (Å²) in [5, 5.41) is 0.961. The van der Waals surface area contributed by atoms with Crippen molar-refractivity contribution in [2.75, 3.05) is 32.1 Å². The number of piperidine rings is 1. The van der Waals surface area contributed by atoms with E-state index in [-0.39, 0.29) is 11.8 Å². The average Bonchev–Trinajstić information content (AvgIpc) is 2.86. The maximum absolute atomic E-state index is 12.0. The minimum absolute atomic E-state index is 0.0997. The van der Waals surface area contributed by atoms with Gasteiger partial charge in [0.2, 0.25) is 11.0 Å². The summed E-state index contributed by atoms with van der Waals surface area (Å²) in [4.78, 5) is 20.4. The normalized spacial score (nSPS) is 19.9. The highest BCUT2D eigenvalue weighted by Gasteiger charge is 2.28. The summed E-state index contributed by atoms with van der Waals surface area (Å²) in [6.07, 6.45) is 2.89. The zero-order valence-corrected chi connectivity index (χ0v) is 12.0. The lowest BCUT2D eigenvalue weighted by atomic mass is 9.97. The van der Waals surface area contributed by atoms with Crippen LogP contribution in [0.15, 0.2) is 0 Å². The Kier molecular flexibility index (Phi) is 4.16. The van der Waals surface area contributed by atoms with Crippen molar-refractivity contribution in [3.63, 3.8) is 0 Å². The van der Waals surface area contributed by atoms with Crippen LogP contribution in [0, 0.1) is 5.92 Å². The molecule has 1 aliphatic rings. The number of anilines is 1. The lowest BCUT2D eigenvalue weighted by Crippen LogP contribution is -2.42. The summed E-state index contributed by atoms with van der Waals surface area (Å²) in [6, 6.07) is 0. The molecule has 2 rings (SSSR count). The molecule has 18 heavy (non-hydrogen) atoms. The second-order valence-electron chi connectivity index (χ2n) is 4.86. The molecule has 0 spiro atoms. The van der Waals surface area contributed by atoms with E-state index in [1.54, 1.807) is 4.90 Å². The van der Waals surface area contributed by atoms with E-state index >= 15 is 0 Å². The lowest BCUT2D eigenvalue weighted by Gasteiger charge is -2.32. The smallest absolute Gasteiger partial charge is 0.226 e. The monoisotopic (exact) mass is 268 g/mol. The van der Waals surface area contributed by atoms with Gasteiger partial charge in [-0.3, -0.25) is 4.79 Å². The van der Waals surface area contributed by atoms with Crippen LogP contribution in [0.2, 0.25) is 0 Å². The van der Waals surface area contributed by atoms with Gasteiger partial charge in [-0.15, -0.1) is 0 Å². The molecule has 0 saturated carbocycles. The first-order chi connectivity index (χ1) is 8.61. The average molecular weight is 268 g/mol. The minimum atomic E-state index is 0.0997. The number of amides is 1. The van der Waals surface area contributed by atoms with E-state index in [4.69, 9.17) is 0 Å². The first-order valence-electron chi connectivity index (χ1n) is 6.40. The summed E-state index contributed by atoms with van der Waals surface area (Å²) >= 11 is 1.44. The Hall–Kier alpha value is -1.17. The molecule has 5 nitrogen and oxygen atoms in total. The maximum Gasteiger partial charge on any atom is 0.226 e. The first-order valence-corrected chi connectivity index (χ1v) is 7.17. The molecule has 1 aromatic rings. The van der Waals surface area contributed by atoms with Crippen molar-refractivity contribution in [2.45, 2.75) is 26.2 Å². The molecule has 0 aromatic carbocycles. The number of nitrogens with zero attached hydrogens (tertiary/aromatic N) is 4. The van der Waals surface area contributed by atoms with Crippen LogP contribution in [0.1, 0.15) is 25.6 Å². The van der Waals surface area contributed by atoms with Gasteiger partial charge in [0.05, 0.1) is 5.92 Å². The molecule has 1 aliphatic heterocycles. The van der Waals surface area contributed by atoms with Crippen molar-refractivity contribution in [3.05, 3.63) is 5.82 Å². The van der Waals surface area contributed by atoms with Crippen molar-refractivity contribution >= 4 is 22.6 Å². The van der Waals surface area contributed by atoms with Gasteiger partial charge in [-0.2, -0.15) is 4.37 Å². The highest BCUT2D eigenvalue weighted by atomic mass is 32.1. The summed E-state index contributed by atoms with van der Waals surface area (Å²) in [5.41, 5.74) is 0. The molecule has 100 valence electrons. The SMILES string of the molecule is CCc1nsc(N2CCCC(C(=O)N(C)C)C2)n1. The predicted molar refractivity (Wildman–Crippen MR) is 72.9 cm³/mol. The number of aromatic nitrogens is 2. The topological polar surface area (TPSA) is 49.3 Å². The Balaban J connectivity index is 2.04. The predicted octanol–water partition coefficient (Wildman–Crippen LogP) is 1.41.